The zero-order valence-corrected chi connectivity index (χ0v) is 26.2. The largest absolute Gasteiger partial charge is 0.506 e. The fourth-order valence-corrected chi connectivity index (χ4v) is 5.89. The summed E-state index contributed by atoms with van der Waals surface area (Å²) in [5.74, 6) is -0.132. The Hall–Kier alpha value is -2.83. The van der Waals surface area contributed by atoms with Crippen LogP contribution in [0.15, 0.2) is 35.1 Å². The van der Waals surface area contributed by atoms with Gasteiger partial charge in [0.05, 0.1) is 34.4 Å². The molecule has 1 aromatic heterocycles. The molecule has 0 fully saturated rings. The highest BCUT2D eigenvalue weighted by molar-refractivity contribution is 7.16. The summed E-state index contributed by atoms with van der Waals surface area (Å²) in [6.07, 6.45) is 0.00699. The van der Waals surface area contributed by atoms with Gasteiger partial charge in [-0.2, -0.15) is 0 Å². The number of halogens is 2. The number of carboxylic acid groups (broad SMARTS) is 1. The van der Waals surface area contributed by atoms with E-state index in [1.165, 1.54) is 11.0 Å². The number of aromatic nitrogens is 1. The third kappa shape index (κ3) is 9.60. The molecule has 0 saturated heterocycles. The van der Waals surface area contributed by atoms with Gasteiger partial charge in [0, 0.05) is 32.7 Å². The number of hydrogen-bond donors (Lipinski definition) is 3. The predicted molar refractivity (Wildman–Crippen MR) is 167 cm³/mol. The van der Waals surface area contributed by atoms with Crippen LogP contribution >= 0.6 is 34.5 Å². The molecule has 0 aliphatic carbocycles. The lowest BCUT2D eigenvalue weighted by Gasteiger charge is -2.29. The highest BCUT2D eigenvalue weighted by Crippen LogP contribution is 2.28. The molecular weight excluding hydrogens is 603 g/mol. The molecule has 10 nitrogen and oxygen atoms in total. The number of benzene rings is 2. The van der Waals surface area contributed by atoms with Crippen LogP contribution < -0.4 is 4.87 Å². The standard InChI is InChI=1S/C29H38Cl2N4O6S/c1-3-33(4-2)14-15-34(24(37)12-19-41-18-11-20-6-5-7-22(30)25(20)31)16-17-35(29(39)40)13-10-21-8-9-23(36)26-27(21)42-28(38)32-26/h5-9,36H,3-4,10-19H2,1-2H3,(H,32,38)(H,39,40). The number of thiazole rings is 1. The fourth-order valence-electron chi connectivity index (χ4n) is 4.58. The highest BCUT2D eigenvalue weighted by atomic mass is 35.5. The number of fused-ring (bicyclic) bond motifs is 1. The van der Waals surface area contributed by atoms with Crippen LogP contribution in [0.3, 0.4) is 0 Å². The molecule has 42 heavy (non-hydrogen) atoms. The van der Waals surface area contributed by atoms with Crippen molar-refractivity contribution < 1.29 is 24.5 Å². The SMILES string of the molecule is CCN(CC)CCN(CCN(CCc1ccc(O)c2[nH]c(=O)sc12)C(=O)O)C(=O)CCOCCc1cccc(Cl)c1Cl. The quantitative estimate of drug-likeness (QED) is 0.178. The van der Waals surface area contributed by atoms with Gasteiger partial charge in [0.1, 0.15) is 11.3 Å². The second-order valence-corrected chi connectivity index (χ2v) is 11.5. The Morgan fingerprint density at radius 3 is 2.36 bits per heavy atom. The Morgan fingerprint density at radius 2 is 1.64 bits per heavy atom. The van der Waals surface area contributed by atoms with E-state index in [-0.39, 0.29) is 49.2 Å². The van der Waals surface area contributed by atoms with Crippen LogP contribution in [0, 0.1) is 0 Å². The summed E-state index contributed by atoms with van der Waals surface area (Å²) in [4.78, 5) is 44.6. The van der Waals surface area contributed by atoms with Gasteiger partial charge in [-0.3, -0.25) is 9.59 Å². The van der Waals surface area contributed by atoms with Gasteiger partial charge in [-0.25, -0.2) is 4.79 Å². The molecule has 3 N–H and O–H groups in total. The Kier molecular flexibility index (Phi) is 13.4. The number of H-pyrrole nitrogens is 1. The van der Waals surface area contributed by atoms with Crippen LogP contribution in [0.25, 0.3) is 10.2 Å². The number of aromatic hydroxyl groups is 1. The molecule has 0 unspecified atom stereocenters. The number of ether oxygens (including phenoxy) is 1. The predicted octanol–water partition coefficient (Wildman–Crippen LogP) is 4.94. The molecular formula is C29H38Cl2N4O6S. The minimum atomic E-state index is -1.09. The minimum Gasteiger partial charge on any atom is -0.506 e. The maximum Gasteiger partial charge on any atom is 0.407 e. The molecule has 0 bridgehead atoms. The lowest BCUT2D eigenvalue weighted by molar-refractivity contribution is -0.132. The monoisotopic (exact) mass is 640 g/mol. The second kappa shape index (κ2) is 16.7. The van der Waals surface area contributed by atoms with E-state index in [9.17, 15) is 24.6 Å². The summed E-state index contributed by atoms with van der Waals surface area (Å²) in [5, 5.41) is 20.9. The molecule has 3 rings (SSSR count). The number of nitrogens with zero attached hydrogens (tertiary/aromatic N) is 3. The third-order valence-corrected chi connectivity index (χ3v) is 8.96. The van der Waals surface area contributed by atoms with Crippen molar-refractivity contribution >= 4 is 56.8 Å². The average Bonchev–Trinajstić information content (AvgIpc) is 3.37. The van der Waals surface area contributed by atoms with Gasteiger partial charge in [0.2, 0.25) is 5.91 Å². The topological polar surface area (TPSA) is 126 Å². The van der Waals surface area contributed by atoms with Gasteiger partial charge in [0.25, 0.3) is 0 Å². The lowest BCUT2D eigenvalue weighted by Crippen LogP contribution is -2.44. The number of nitrogens with one attached hydrogen (secondary N) is 1. The Balaban J connectivity index is 1.57. The molecule has 2 amide bonds. The molecule has 0 radical (unpaired) electrons. The Morgan fingerprint density at radius 1 is 0.929 bits per heavy atom. The van der Waals surface area contributed by atoms with Gasteiger partial charge in [-0.05, 0) is 49.2 Å². The van der Waals surface area contributed by atoms with E-state index in [4.69, 9.17) is 27.9 Å². The van der Waals surface area contributed by atoms with Crippen molar-refractivity contribution in [2.45, 2.75) is 33.1 Å². The van der Waals surface area contributed by atoms with E-state index in [1.807, 2.05) is 12.1 Å². The van der Waals surface area contributed by atoms with E-state index in [2.05, 4.69) is 23.7 Å². The molecule has 0 atom stereocenters. The summed E-state index contributed by atoms with van der Waals surface area (Å²) in [6, 6.07) is 8.63. The van der Waals surface area contributed by atoms with Crippen molar-refractivity contribution in [3.8, 4) is 5.75 Å². The number of rotatable bonds is 17. The smallest absolute Gasteiger partial charge is 0.407 e. The third-order valence-electron chi connectivity index (χ3n) is 7.14. The van der Waals surface area contributed by atoms with E-state index in [0.717, 1.165) is 35.6 Å². The number of likely N-dealkylation sites (N-methyl/N-ethyl adjacent to an activating group) is 1. The van der Waals surface area contributed by atoms with Crippen LogP contribution in [0.1, 0.15) is 31.4 Å². The summed E-state index contributed by atoms with van der Waals surface area (Å²) in [5.41, 5.74) is 2.00. The second-order valence-electron chi connectivity index (χ2n) is 9.72. The van der Waals surface area contributed by atoms with E-state index < -0.39 is 6.09 Å². The number of phenols is 1. The first kappa shape index (κ1) is 33.7. The number of phenolic OH excluding ortho intramolecular Hbond substituents is 1. The number of amides is 2. The van der Waals surface area contributed by atoms with Gasteiger partial charge in [0.15, 0.2) is 0 Å². The van der Waals surface area contributed by atoms with Crippen molar-refractivity contribution in [3.63, 3.8) is 0 Å². The van der Waals surface area contributed by atoms with Crippen LogP contribution in [-0.2, 0) is 22.4 Å². The van der Waals surface area contributed by atoms with Crippen molar-refractivity contribution in [3.05, 3.63) is 61.2 Å². The van der Waals surface area contributed by atoms with Crippen LogP contribution in [-0.4, -0.2) is 101 Å². The van der Waals surface area contributed by atoms with Gasteiger partial charge < -0.3 is 34.6 Å². The number of carbonyl (C=O) groups is 2. The van der Waals surface area contributed by atoms with Crippen molar-refractivity contribution in [2.75, 3.05) is 59.0 Å². The molecule has 0 saturated carbocycles. The molecule has 0 spiro atoms. The summed E-state index contributed by atoms with van der Waals surface area (Å²) in [6.45, 7) is 8.15. The normalized spacial score (nSPS) is 11.4. The van der Waals surface area contributed by atoms with Gasteiger partial charge in [-0.1, -0.05) is 66.6 Å². The first-order chi connectivity index (χ1) is 20.1. The summed E-state index contributed by atoms with van der Waals surface area (Å²) in [7, 11) is 0. The molecule has 0 aliphatic heterocycles. The van der Waals surface area contributed by atoms with Crippen molar-refractivity contribution in [2.24, 2.45) is 0 Å². The Bertz CT molecular complexity index is 1390. The van der Waals surface area contributed by atoms with Crippen LogP contribution in [0.5, 0.6) is 5.75 Å². The average molecular weight is 642 g/mol. The summed E-state index contributed by atoms with van der Waals surface area (Å²) >= 11 is 13.3. The lowest BCUT2D eigenvalue weighted by atomic mass is 10.1. The molecule has 0 aliphatic rings. The summed E-state index contributed by atoms with van der Waals surface area (Å²) < 4.78 is 6.32. The maximum atomic E-state index is 13.2. The number of carbonyl (C=O) groups excluding carboxylic acids is 1. The van der Waals surface area contributed by atoms with Gasteiger partial charge in [-0.15, -0.1) is 0 Å². The first-order valence-electron chi connectivity index (χ1n) is 14.0. The zero-order valence-electron chi connectivity index (χ0n) is 23.9. The maximum absolute atomic E-state index is 13.2. The molecule has 2 aromatic carbocycles. The van der Waals surface area contributed by atoms with Crippen molar-refractivity contribution in [1.82, 2.24) is 19.7 Å². The fraction of sp³-hybridized carbons (Fsp3) is 0.483. The zero-order chi connectivity index (χ0) is 30.6. The number of hydrogen-bond acceptors (Lipinski definition) is 7. The van der Waals surface area contributed by atoms with Crippen LogP contribution in [0.2, 0.25) is 10.0 Å². The number of aromatic amines is 1. The Labute approximate surface area is 259 Å². The van der Waals surface area contributed by atoms with E-state index in [0.29, 0.717) is 52.8 Å². The minimum absolute atomic E-state index is 0.0261. The molecule has 3 aromatic rings. The van der Waals surface area contributed by atoms with Crippen molar-refractivity contribution in [1.29, 1.82) is 0 Å². The van der Waals surface area contributed by atoms with Crippen LogP contribution in [0.4, 0.5) is 4.79 Å². The molecule has 13 heteroatoms. The van der Waals surface area contributed by atoms with E-state index >= 15 is 0 Å². The molecule has 1 heterocycles. The first-order valence-corrected chi connectivity index (χ1v) is 15.5. The molecule has 230 valence electrons. The van der Waals surface area contributed by atoms with E-state index in [1.54, 1.807) is 17.0 Å². The van der Waals surface area contributed by atoms with Gasteiger partial charge >= 0.3 is 11.0 Å². The highest BCUT2D eigenvalue weighted by Gasteiger charge is 2.19.